The normalized spacial score (nSPS) is 16.4. The molecule has 1 aromatic rings. The van der Waals surface area contributed by atoms with Gasteiger partial charge in [0.2, 0.25) is 0 Å². The zero-order chi connectivity index (χ0) is 19.7. The molecule has 0 unspecified atom stereocenters. The van der Waals surface area contributed by atoms with Gasteiger partial charge in [0.1, 0.15) is 11.9 Å². The van der Waals surface area contributed by atoms with Crippen LogP contribution in [0, 0.1) is 0 Å². The Morgan fingerprint density at radius 2 is 1.74 bits per heavy atom. The van der Waals surface area contributed by atoms with E-state index < -0.39 is 0 Å². The molecule has 152 valence electrons. The second-order valence-electron chi connectivity index (χ2n) is 8.03. The molecule has 0 aliphatic carbocycles. The monoisotopic (exact) mass is 377 g/mol. The van der Waals surface area contributed by atoms with Crippen molar-refractivity contribution in [3.05, 3.63) is 29.8 Å². The minimum absolute atomic E-state index is 0.100. The maximum Gasteiger partial charge on any atom is 0.162 e. The predicted octanol–water partition coefficient (Wildman–Crippen LogP) is 3.95. The van der Waals surface area contributed by atoms with Crippen molar-refractivity contribution in [1.82, 2.24) is 4.90 Å². The number of hydrogen-bond acceptors (Lipinski definition) is 5. The predicted molar refractivity (Wildman–Crippen MR) is 108 cm³/mol. The van der Waals surface area contributed by atoms with Crippen molar-refractivity contribution in [3.8, 4) is 5.75 Å². The summed E-state index contributed by atoms with van der Waals surface area (Å²) in [6, 6.07) is 7.53. The van der Waals surface area contributed by atoms with Gasteiger partial charge in [0, 0.05) is 31.6 Å². The Hall–Kier alpha value is -1.43. The highest BCUT2D eigenvalue weighted by Crippen LogP contribution is 2.20. The lowest BCUT2D eigenvalue weighted by molar-refractivity contribution is -0.0378. The molecule has 1 aliphatic heterocycles. The van der Waals surface area contributed by atoms with Gasteiger partial charge in [0.25, 0.3) is 0 Å². The van der Waals surface area contributed by atoms with Crippen LogP contribution in [0.1, 0.15) is 57.3 Å². The molecule has 2 rings (SSSR count). The molecule has 1 fully saturated rings. The van der Waals surface area contributed by atoms with E-state index in [0.29, 0.717) is 19.6 Å². The summed E-state index contributed by atoms with van der Waals surface area (Å²) in [5, 5.41) is 0. The maximum absolute atomic E-state index is 11.7. The van der Waals surface area contributed by atoms with Crippen molar-refractivity contribution >= 4 is 5.78 Å². The minimum atomic E-state index is -0.100. The highest BCUT2D eigenvalue weighted by Gasteiger charge is 2.20. The summed E-state index contributed by atoms with van der Waals surface area (Å²) in [7, 11) is 0. The van der Waals surface area contributed by atoms with Gasteiger partial charge in [-0.15, -0.1) is 0 Å². The van der Waals surface area contributed by atoms with Crippen LogP contribution in [0.2, 0.25) is 0 Å². The standard InChI is InChI=1S/C22H35NO4/c1-5-21(24)18-6-8-19(9-7-18)27-20-10-12-23(13-11-20)14-15-25-16-17-26-22(2,3)4/h6-9,20H,5,10-17H2,1-4H3. The largest absolute Gasteiger partial charge is 0.490 e. The van der Waals surface area contributed by atoms with Crippen LogP contribution in [0.15, 0.2) is 24.3 Å². The van der Waals surface area contributed by atoms with Crippen LogP contribution in [0.4, 0.5) is 0 Å². The van der Waals surface area contributed by atoms with Gasteiger partial charge in [-0.1, -0.05) is 6.92 Å². The van der Waals surface area contributed by atoms with Gasteiger partial charge in [-0.3, -0.25) is 4.79 Å². The Balaban J connectivity index is 1.59. The first-order chi connectivity index (χ1) is 12.9. The minimum Gasteiger partial charge on any atom is -0.490 e. The number of rotatable bonds is 10. The van der Waals surface area contributed by atoms with E-state index in [1.807, 2.05) is 31.2 Å². The number of ether oxygens (including phenoxy) is 3. The average molecular weight is 378 g/mol. The molecule has 27 heavy (non-hydrogen) atoms. The zero-order valence-corrected chi connectivity index (χ0v) is 17.3. The molecular weight excluding hydrogens is 342 g/mol. The van der Waals surface area contributed by atoms with Crippen molar-refractivity contribution in [3.63, 3.8) is 0 Å². The van der Waals surface area contributed by atoms with Crippen molar-refractivity contribution in [2.45, 2.75) is 58.7 Å². The van der Waals surface area contributed by atoms with E-state index in [-0.39, 0.29) is 17.5 Å². The topological polar surface area (TPSA) is 48.0 Å². The Labute approximate surface area is 164 Å². The summed E-state index contributed by atoms with van der Waals surface area (Å²) in [6.07, 6.45) is 2.81. The molecule has 0 N–H and O–H groups in total. The molecule has 0 radical (unpaired) electrons. The Morgan fingerprint density at radius 3 is 2.33 bits per heavy atom. The Morgan fingerprint density at radius 1 is 1.07 bits per heavy atom. The molecule has 5 heteroatoms. The quantitative estimate of drug-likeness (QED) is 0.456. The lowest BCUT2D eigenvalue weighted by Gasteiger charge is -2.32. The van der Waals surface area contributed by atoms with Crippen LogP contribution in [0.5, 0.6) is 5.75 Å². The van der Waals surface area contributed by atoms with Gasteiger partial charge in [-0.05, 0) is 57.9 Å². The summed E-state index contributed by atoms with van der Waals surface area (Å²) >= 11 is 0. The van der Waals surface area contributed by atoms with E-state index in [4.69, 9.17) is 14.2 Å². The fourth-order valence-corrected chi connectivity index (χ4v) is 3.07. The first-order valence-electron chi connectivity index (χ1n) is 10.1. The van der Waals surface area contributed by atoms with Crippen molar-refractivity contribution in [2.75, 3.05) is 39.5 Å². The van der Waals surface area contributed by atoms with Crippen molar-refractivity contribution < 1.29 is 19.0 Å². The molecule has 0 bridgehead atoms. The number of likely N-dealkylation sites (tertiary alicyclic amines) is 1. The fraction of sp³-hybridized carbons (Fsp3) is 0.682. The molecule has 1 heterocycles. The number of hydrogen-bond donors (Lipinski definition) is 0. The third kappa shape index (κ3) is 8.41. The summed E-state index contributed by atoms with van der Waals surface area (Å²) in [5.74, 6) is 1.02. The number of nitrogens with zero attached hydrogens (tertiary/aromatic N) is 1. The molecule has 1 saturated heterocycles. The van der Waals surface area contributed by atoms with Crippen molar-refractivity contribution in [1.29, 1.82) is 0 Å². The number of ketones is 1. The van der Waals surface area contributed by atoms with E-state index in [1.165, 1.54) is 0 Å². The van der Waals surface area contributed by atoms with Crippen LogP contribution < -0.4 is 4.74 Å². The lowest BCUT2D eigenvalue weighted by Crippen LogP contribution is -2.40. The number of piperidine rings is 1. The van der Waals surface area contributed by atoms with Crippen LogP contribution in [-0.4, -0.2) is 61.8 Å². The van der Waals surface area contributed by atoms with Gasteiger partial charge in [0.15, 0.2) is 5.78 Å². The molecular formula is C22H35NO4. The number of carbonyl (C=O) groups is 1. The molecule has 0 amide bonds. The van der Waals surface area contributed by atoms with Crippen molar-refractivity contribution in [2.24, 2.45) is 0 Å². The van der Waals surface area contributed by atoms with E-state index in [1.54, 1.807) is 0 Å². The van der Waals surface area contributed by atoms with E-state index in [0.717, 1.165) is 50.4 Å². The lowest BCUT2D eigenvalue weighted by atomic mass is 10.1. The molecule has 0 spiro atoms. The highest BCUT2D eigenvalue weighted by molar-refractivity contribution is 5.95. The summed E-state index contributed by atoms with van der Waals surface area (Å²) in [6.45, 7) is 13.1. The van der Waals surface area contributed by atoms with Gasteiger partial charge in [-0.2, -0.15) is 0 Å². The molecule has 1 aromatic carbocycles. The summed E-state index contributed by atoms with van der Waals surface area (Å²) < 4.78 is 17.4. The van der Waals surface area contributed by atoms with E-state index >= 15 is 0 Å². The third-order valence-corrected chi connectivity index (χ3v) is 4.65. The zero-order valence-electron chi connectivity index (χ0n) is 17.3. The van der Waals surface area contributed by atoms with E-state index in [9.17, 15) is 4.79 Å². The second-order valence-corrected chi connectivity index (χ2v) is 8.03. The van der Waals surface area contributed by atoms with E-state index in [2.05, 4.69) is 25.7 Å². The fourth-order valence-electron chi connectivity index (χ4n) is 3.07. The summed E-state index contributed by atoms with van der Waals surface area (Å²) in [4.78, 5) is 14.1. The molecule has 0 aromatic heterocycles. The van der Waals surface area contributed by atoms with Gasteiger partial charge < -0.3 is 19.1 Å². The van der Waals surface area contributed by atoms with Gasteiger partial charge >= 0.3 is 0 Å². The third-order valence-electron chi connectivity index (χ3n) is 4.65. The molecule has 0 atom stereocenters. The Kier molecular flexibility index (Phi) is 8.74. The SMILES string of the molecule is CCC(=O)c1ccc(OC2CCN(CCOCCOC(C)(C)C)CC2)cc1. The second kappa shape index (κ2) is 10.8. The first-order valence-corrected chi connectivity index (χ1v) is 10.1. The smallest absolute Gasteiger partial charge is 0.162 e. The Bertz CT molecular complexity index is 557. The van der Waals surface area contributed by atoms with Crippen LogP contribution in [0.3, 0.4) is 0 Å². The van der Waals surface area contributed by atoms with Crippen LogP contribution in [-0.2, 0) is 9.47 Å². The van der Waals surface area contributed by atoms with Gasteiger partial charge in [0.05, 0.1) is 25.4 Å². The van der Waals surface area contributed by atoms with Gasteiger partial charge in [-0.25, -0.2) is 0 Å². The van der Waals surface area contributed by atoms with Crippen LogP contribution in [0.25, 0.3) is 0 Å². The molecule has 0 saturated carbocycles. The molecule has 1 aliphatic rings. The van der Waals surface area contributed by atoms with Crippen LogP contribution >= 0.6 is 0 Å². The summed E-state index contributed by atoms with van der Waals surface area (Å²) in [5.41, 5.74) is 0.657. The maximum atomic E-state index is 11.7. The average Bonchev–Trinajstić information content (AvgIpc) is 2.65. The number of Topliss-reactive ketones (excluding diaryl/α,β-unsaturated/α-hetero) is 1. The first kappa shape index (κ1) is 21.9. The number of benzene rings is 1. The molecule has 5 nitrogen and oxygen atoms in total. The highest BCUT2D eigenvalue weighted by atomic mass is 16.5. The number of carbonyl (C=O) groups excluding carboxylic acids is 1.